The van der Waals surface area contributed by atoms with Gasteiger partial charge in [0, 0.05) is 25.8 Å². The van der Waals surface area contributed by atoms with Crippen LogP contribution in [0.5, 0.6) is 0 Å². The molecule has 1 aliphatic rings. The first-order chi connectivity index (χ1) is 9.10. The Morgan fingerprint density at radius 3 is 2.95 bits per heavy atom. The van der Waals surface area contributed by atoms with E-state index in [0.29, 0.717) is 6.54 Å². The summed E-state index contributed by atoms with van der Waals surface area (Å²) >= 11 is 0. The number of benzene rings is 1. The van der Waals surface area contributed by atoms with Crippen LogP contribution in [0.4, 0.5) is 10.5 Å². The van der Waals surface area contributed by atoms with Crippen molar-refractivity contribution >= 4 is 17.6 Å². The number of nitrogens with two attached hydrogens (primary N) is 1. The monoisotopic (exact) mass is 262 g/mol. The van der Waals surface area contributed by atoms with Gasteiger partial charge in [0.1, 0.15) is 0 Å². The minimum Gasteiger partial charge on any atom is -0.398 e. The summed E-state index contributed by atoms with van der Waals surface area (Å²) in [5.74, 6) is -0.299. The Balaban J connectivity index is 1.95. The summed E-state index contributed by atoms with van der Waals surface area (Å²) in [5.41, 5.74) is 9.06. The quantitative estimate of drug-likeness (QED) is 0.659. The van der Waals surface area contributed by atoms with Crippen LogP contribution in [0.25, 0.3) is 0 Å². The van der Waals surface area contributed by atoms with Gasteiger partial charge in [0.2, 0.25) is 5.91 Å². The minimum absolute atomic E-state index is 0.210. The lowest BCUT2D eigenvalue weighted by Gasteiger charge is -2.28. The van der Waals surface area contributed by atoms with Crippen molar-refractivity contribution in [2.75, 3.05) is 25.9 Å². The highest BCUT2D eigenvalue weighted by atomic mass is 16.2. The van der Waals surface area contributed by atoms with Gasteiger partial charge in [-0.2, -0.15) is 0 Å². The largest absolute Gasteiger partial charge is 0.398 e. The molecule has 0 unspecified atom stereocenters. The van der Waals surface area contributed by atoms with Crippen LogP contribution in [0.15, 0.2) is 18.2 Å². The summed E-state index contributed by atoms with van der Waals surface area (Å²) in [6.45, 7) is 1.66. The first-order valence-corrected chi connectivity index (χ1v) is 6.20. The standard InChI is InChI=1S/C13H18N4O2/c1-15-13(19)16-12(18)8-17-6-5-10-9(7-17)3-2-4-11(10)14/h2-4H,5-8,14H2,1H3,(H2,15,16,18,19). The summed E-state index contributed by atoms with van der Waals surface area (Å²) in [6, 6.07) is 5.36. The lowest BCUT2D eigenvalue weighted by molar-refractivity contribution is -0.121. The van der Waals surface area contributed by atoms with E-state index in [2.05, 4.69) is 10.6 Å². The maximum Gasteiger partial charge on any atom is 0.321 e. The average molecular weight is 262 g/mol. The summed E-state index contributed by atoms with van der Waals surface area (Å²) < 4.78 is 0. The van der Waals surface area contributed by atoms with E-state index in [0.717, 1.165) is 24.2 Å². The van der Waals surface area contributed by atoms with E-state index in [1.807, 2.05) is 23.1 Å². The van der Waals surface area contributed by atoms with E-state index in [1.165, 1.54) is 12.6 Å². The highest BCUT2D eigenvalue weighted by Crippen LogP contribution is 2.23. The normalized spacial score (nSPS) is 14.6. The predicted octanol–water partition coefficient (Wildman–Crippen LogP) is 0.0825. The number of urea groups is 1. The van der Waals surface area contributed by atoms with Crippen LogP contribution in [0.3, 0.4) is 0 Å². The van der Waals surface area contributed by atoms with Crippen molar-refractivity contribution in [3.63, 3.8) is 0 Å². The number of rotatable bonds is 2. The molecule has 6 nitrogen and oxygen atoms in total. The van der Waals surface area contributed by atoms with Crippen molar-refractivity contribution in [1.82, 2.24) is 15.5 Å². The number of fused-ring (bicyclic) bond motifs is 1. The van der Waals surface area contributed by atoms with Crippen molar-refractivity contribution in [2.45, 2.75) is 13.0 Å². The number of nitrogens with zero attached hydrogens (tertiary/aromatic N) is 1. The summed E-state index contributed by atoms with van der Waals surface area (Å²) in [5, 5.41) is 4.61. The van der Waals surface area contributed by atoms with Crippen molar-refractivity contribution in [3.05, 3.63) is 29.3 Å². The highest BCUT2D eigenvalue weighted by Gasteiger charge is 2.20. The van der Waals surface area contributed by atoms with Crippen LogP contribution in [0.1, 0.15) is 11.1 Å². The molecule has 0 saturated carbocycles. The molecule has 1 heterocycles. The summed E-state index contributed by atoms with van der Waals surface area (Å²) in [6.07, 6.45) is 0.829. The third-order valence-electron chi connectivity index (χ3n) is 3.23. The van der Waals surface area contributed by atoms with Crippen LogP contribution in [0, 0.1) is 0 Å². The first-order valence-electron chi connectivity index (χ1n) is 6.20. The van der Waals surface area contributed by atoms with Crippen molar-refractivity contribution < 1.29 is 9.59 Å². The number of hydrogen-bond donors (Lipinski definition) is 3. The van der Waals surface area contributed by atoms with E-state index >= 15 is 0 Å². The number of carbonyl (C=O) groups is 2. The van der Waals surface area contributed by atoms with Gasteiger partial charge in [0.25, 0.3) is 0 Å². The number of carbonyl (C=O) groups excluding carboxylic acids is 2. The van der Waals surface area contributed by atoms with Gasteiger partial charge in [-0.05, 0) is 23.6 Å². The molecule has 0 spiro atoms. The van der Waals surface area contributed by atoms with Gasteiger partial charge in [0.05, 0.1) is 6.54 Å². The van der Waals surface area contributed by atoms with Gasteiger partial charge in [-0.15, -0.1) is 0 Å². The minimum atomic E-state index is -0.480. The van der Waals surface area contributed by atoms with Gasteiger partial charge in [-0.25, -0.2) is 4.79 Å². The van der Waals surface area contributed by atoms with Crippen molar-refractivity contribution in [3.8, 4) is 0 Å². The molecule has 6 heteroatoms. The number of imide groups is 1. The molecule has 1 aromatic rings. The Morgan fingerprint density at radius 2 is 2.21 bits per heavy atom. The molecule has 0 aliphatic carbocycles. The zero-order valence-electron chi connectivity index (χ0n) is 10.9. The fourth-order valence-corrected chi connectivity index (χ4v) is 2.26. The van der Waals surface area contributed by atoms with E-state index in [4.69, 9.17) is 5.73 Å². The van der Waals surface area contributed by atoms with Gasteiger partial charge in [-0.3, -0.25) is 15.0 Å². The molecule has 4 N–H and O–H groups in total. The lowest BCUT2D eigenvalue weighted by atomic mass is 9.98. The maximum absolute atomic E-state index is 11.6. The molecule has 0 radical (unpaired) electrons. The smallest absolute Gasteiger partial charge is 0.321 e. The molecule has 2 rings (SSSR count). The third-order valence-corrected chi connectivity index (χ3v) is 3.23. The number of hydrogen-bond acceptors (Lipinski definition) is 4. The number of amides is 3. The van der Waals surface area contributed by atoms with Gasteiger partial charge < -0.3 is 11.1 Å². The van der Waals surface area contributed by atoms with E-state index in [1.54, 1.807) is 0 Å². The molecular weight excluding hydrogens is 244 g/mol. The number of nitrogens with one attached hydrogen (secondary N) is 2. The molecule has 0 saturated heterocycles. The number of nitrogen functional groups attached to an aromatic ring is 1. The van der Waals surface area contributed by atoms with Gasteiger partial charge >= 0.3 is 6.03 Å². The van der Waals surface area contributed by atoms with Crippen LogP contribution >= 0.6 is 0 Å². The topological polar surface area (TPSA) is 87.5 Å². The van der Waals surface area contributed by atoms with Crippen LogP contribution < -0.4 is 16.4 Å². The van der Waals surface area contributed by atoms with Crippen LogP contribution in [-0.2, 0) is 17.8 Å². The fourth-order valence-electron chi connectivity index (χ4n) is 2.26. The third kappa shape index (κ3) is 3.23. The Morgan fingerprint density at radius 1 is 1.42 bits per heavy atom. The molecule has 0 aromatic heterocycles. The zero-order chi connectivity index (χ0) is 13.8. The maximum atomic E-state index is 11.6. The van der Waals surface area contributed by atoms with E-state index in [-0.39, 0.29) is 12.5 Å². The molecule has 0 fully saturated rings. The lowest BCUT2D eigenvalue weighted by Crippen LogP contribution is -2.44. The molecule has 102 valence electrons. The first kappa shape index (κ1) is 13.4. The van der Waals surface area contributed by atoms with E-state index in [9.17, 15) is 9.59 Å². The molecule has 1 aromatic carbocycles. The predicted molar refractivity (Wildman–Crippen MR) is 72.4 cm³/mol. The van der Waals surface area contributed by atoms with Crippen LogP contribution in [-0.4, -0.2) is 37.0 Å². The average Bonchev–Trinajstić information content (AvgIpc) is 2.38. The summed E-state index contributed by atoms with van der Waals surface area (Å²) in [7, 11) is 1.47. The highest BCUT2D eigenvalue weighted by molar-refractivity contribution is 5.95. The molecule has 19 heavy (non-hydrogen) atoms. The molecular formula is C13H18N4O2. The second-order valence-electron chi connectivity index (χ2n) is 4.57. The van der Waals surface area contributed by atoms with Gasteiger partial charge in [0.15, 0.2) is 0 Å². The molecule has 1 aliphatic heterocycles. The zero-order valence-corrected chi connectivity index (χ0v) is 10.9. The fraction of sp³-hybridized carbons (Fsp3) is 0.385. The Labute approximate surface area is 112 Å². The van der Waals surface area contributed by atoms with Gasteiger partial charge in [-0.1, -0.05) is 12.1 Å². The van der Waals surface area contributed by atoms with Crippen molar-refractivity contribution in [2.24, 2.45) is 0 Å². The molecule has 0 bridgehead atoms. The molecule has 0 atom stereocenters. The second kappa shape index (κ2) is 5.71. The Kier molecular flexibility index (Phi) is 4.01. The summed E-state index contributed by atoms with van der Waals surface area (Å²) in [4.78, 5) is 24.7. The van der Waals surface area contributed by atoms with Crippen LogP contribution in [0.2, 0.25) is 0 Å². The van der Waals surface area contributed by atoms with E-state index < -0.39 is 6.03 Å². The molecule has 3 amide bonds. The number of anilines is 1. The second-order valence-corrected chi connectivity index (χ2v) is 4.57. The van der Waals surface area contributed by atoms with Crippen molar-refractivity contribution in [1.29, 1.82) is 0 Å². The SMILES string of the molecule is CNC(=O)NC(=O)CN1CCc2c(N)cccc2C1. The Hall–Kier alpha value is -2.08. The Bertz CT molecular complexity index is 501.